The van der Waals surface area contributed by atoms with Crippen LogP contribution < -0.4 is 0 Å². The molecule has 19 heteroatoms. The minimum Gasteiger partial charge on any atom is -0.462 e. The van der Waals surface area contributed by atoms with Gasteiger partial charge in [0.2, 0.25) is 0 Å². The highest BCUT2D eigenvalue weighted by molar-refractivity contribution is 7.47. The van der Waals surface area contributed by atoms with Crippen LogP contribution in [0.15, 0.2) is 0 Å². The molecule has 0 aromatic carbocycles. The first-order valence-corrected chi connectivity index (χ1v) is 43.5. The first-order chi connectivity index (χ1) is 46.9. The van der Waals surface area contributed by atoms with Crippen molar-refractivity contribution in [1.29, 1.82) is 0 Å². The third kappa shape index (κ3) is 72.2. The third-order valence-corrected chi connectivity index (χ3v) is 20.1. The lowest BCUT2D eigenvalue weighted by Crippen LogP contribution is -2.30. The quantitative estimate of drug-likeness (QED) is 0.0222. The number of hydrogen-bond acceptors (Lipinski definition) is 15. The Morgan fingerprint density at radius 3 is 0.701 bits per heavy atom. The van der Waals surface area contributed by atoms with Crippen LogP contribution in [-0.4, -0.2) is 96.7 Å². The van der Waals surface area contributed by atoms with E-state index >= 15 is 0 Å². The van der Waals surface area contributed by atoms with Crippen molar-refractivity contribution >= 4 is 39.5 Å². The molecule has 2 unspecified atom stereocenters. The van der Waals surface area contributed by atoms with E-state index in [2.05, 4.69) is 41.5 Å². The molecule has 97 heavy (non-hydrogen) atoms. The van der Waals surface area contributed by atoms with Crippen LogP contribution in [0.1, 0.15) is 408 Å². The number of phosphoric acid groups is 2. The number of aliphatic hydroxyl groups is 1. The number of carbonyl (C=O) groups excluding carboxylic acids is 4. The van der Waals surface area contributed by atoms with Crippen LogP contribution in [0, 0.1) is 11.8 Å². The third-order valence-electron chi connectivity index (χ3n) is 18.2. The highest BCUT2D eigenvalue weighted by atomic mass is 31.2. The second-order valence-electron chi connectivity index (χ2n) is 29.1. The van der Waals surface area contributed by atoms with Gasteiger partial charge in [0, 0.05) is 25.7 Å². The Kier molecular flexibility index (Phi) is 68.4. The van der Waals surface area contributed by atoms with Crippen LogP contribution in [0.4, 0.5) is 0 Å². The Labute approximate surface area is 594 Å². The predicted molar refractivity (Wildman–Crippen MR) is 395 cm³/mol. The van der Waals surface area contributed by atoms with Crippen molar-refractivity contribution in [3.8, 4) is 0 Å². The molecule has 0 heterocycles. The number of aliphatic hydroxyl groups excluding tert-OH is 1. The molecule has 0 aliphatic heterocycles. The summed E-state index contributed by atoms with van der Waals surface area (Å²) in [6.07, 6.45) is 58.4. The molecule has 17 nitrogen and oxygen atoms in total. The lowest BCUT2D eigenvalue weighted by Gasteiger charge is -2.21. The van der Waals surface area contributed by atoms with Crippen LogP contribution in [0.3, 0.4) is 0 Å². The van der Waals surface area contributed by atoms with E-state index < -0.39 is 97.5 Å². The summed E-state index contributed by atoms with van der Waals surface area (Å²) in [6.45, 7) is 9.54. The van der Waals surface area contributed by atoms with E-state index in [0.717, 1.165) is 102 Å². The lowest BCUT2D eigenvalue weighted by atomic mass is 10.0. The van der Waals surface area contributed by atoms with Gasteiger partial charge in [-0.05, 0) is 37.5 Å². The summed E-state index contributed by atoms with van der Waals surface area (Å²) in [5.74, 6) is -0.670. The van der Waals surface area contributed by atoms with Gasteiger partial charge in [-0.15, -0.1) is 0 Å². The number of phosphoric ester groups is 2. The molecule has 0 amide bonds. The zero-order valence-electron chi connectivity index (χ0n) is 63.4. The molecular weight excluding hydrogens is 1270 g/mol. The highest BCUT2D eigenvalue weighted by Gasteiger charge is 2.30. The molecule has 0 aromatic rings. The van der Waals surface area contributed by atoms with Crippen LogP contribution in [0.2, 0.25) is 0 Å². The van der Waals surface area contributed by atoms with Crippen molar-refractivity contribution in [2.24, 2.45) is 11.8 Å². The van der Waals surface area contributed by atoms with Crippen LogP contribution in [0.5, 0.6) is 0 Å². The first-order valence-electron chi connectivity index (χ1n) is 40.5. The Bertz CT molecular complexity index is 1870. The van der Waals surface area contributed by atoms with Gasteiger partial charge in [0.25, 0.3) is 0 Å². The maximum absolute atomic E-state index is 13.1. The molecule has 0 aromatic heterocycles. The minimum absolute atomic E-state index is 0.104. The Balaban J connectivity index is 5.23. The average molecular weight is 1420 g/mol. The molecule has 0 aliphatic rings. The standard InChI is InChI=1S/C78H152O17P2/c1-7-9-11-13-15-17-19-21-23-25-27-29-31-33-35-44-50-56-62-77(82)94-73(66-88-75(80)60-54-48-42-34-32-30-28-26-24-22-20-18-16-14-12-10-8-2)68-92-96(84,85)90-64-72(79)65-91-97(86,87)93-69-74(95-78(83)63-57-51-45-39-37-41-47-53-59-71(5)6)67-89-76(81)61-55-49-43-38-36-40-46-52-58-70(3)4/h70-74,79H,7-69H2,1-6H3,(H,84,85)(H,86,87)/t72-,73-,74-/m1/s1. The van der Waals surface area contributed by atoms with Crippen LogP contribution in [-0.2, 0) is 65.4 Å². The number of rotatable bonds is 77. The molecule has 0 aliphatic carbocycles. The summed E-state index contributed by atoms with van der Waals surface area (Å²) in [5, 5.41) is 10.6. The maximum Gasteiger partial charge on any atom is 0.472 e. The molecule has 0 saturated heterocycles. The van der Waals surface area contributed by atoms with Gasteiger partial charge >= 0.3 is 39.5 Å². The summed E-state index contributed by atoms with van der Waals surface area (Å²) in [7, 11) is -9.91. The molecule has 0 rings (SSSR count). The smallest absolute Gasteiger partial charge is 0.462 e. The molecule has 0 bridgehead atoms. The number of ether oxygens (including phenoxy) is 4. The van der Waals surface area contributed by atoms with Gasteiger partial charge in [0.15, 0.2) is 12.2 Å². The second-order valence-corrected chi connectivity index (χ2v) is 32.0. The molecule has 0 spiro atoms. The van der Waals surface area contributed by atoms with Crippen molar-refractivity contribution < 1.29 is 80.2 Å². The molecule has 0 fully saturated rings. The monoisotopic (exact) mass is 1420 g/mol. The van der Waals surface area contributed by atoms with Gasteiger partial charge in [-0.3, -0.25) is 37.3 Å². The van der Waals surface area contributed by atoms with E-state index in [4.69, 9.17) is 37.0 Å². The van der Waals surface area contributed by atoms with E-state index in [0.29, 0.717) is 25.7 Å². The molecule has 5 atom stereocenters. The predicted octanol–water partition coefficient (Wildman–Crippen LogP) is 23.1. The Morgan fingerprint density at radius 2 is 0.474 bits per heavy atom. The van der Waals surface area contributed by atoms with Crippen molar-refractivity contribution in [3.05, 3.63) is 0 Å². The fourth-order valence-electron chi connectivity index (χ4n) is 12.0. The van der Waals surface area contributed by atoms with Gasteiger partial charge in [-0.2, -0.15) is 0 Å². The van der Waals surface area contributed by atoms with Crippen LogP contribution >= 0.6 is 15.6 Å². The lowest BCUT2D eigenvalue weighted by molar-refractivity contribution is -0.161. The summed E-state index contributed by atoms with van der Waals surface area (Å²) >= 11 is 0. The average Bonchev–Trinajstić information content (AvgIpc) is 1.50. The van der Waals surface area contributed by atoms with Gasteiger partial charge in [0.05, 0.1) is 26.4 Å². The maximum atomic E-state index is 13.1. The number of hydrogen-bond donors (Lipinski definition) is 3. The van der Waals surface area contributed by atoms with Crippen molar-refractivity contribution in [1.82, 2.24) is 0 Å². The summed E-state index contributed by atoms with van der Waals surface area (Å²) in [5.41, 5.74) is 0. The van der Waals surface area contributed by atoms with Crippen molar-refractivity contribution in [3.63, 3.8) is 0 Å². The van der Waals surface area contributed by atoms with E-state index in [1.54, 1.807) is 0 Å². The SMILES string of the molecule is CCCCCCCCCCCCCCCCCCCCC(=O)O[C@H](COC(=O)CCCCCCCCCCCCCCCCCCC)COP(=O)(O)OC[C@@H](O)COP(=O)(O)OC[C@@H](COC(=O)CCCCCCCCCCC(C)C)OC(=O)CCCCCCCCCCC(C)C. The first kappa shape index (κ1) is 95.1. The fourth-order valence-corrected chi connectivity index (χ4v) is 13.6. The second kappa shape index (κ2) is 69.8. The van der Waals surface area contributed by atoms with Gasteiger partial charge in [-0.1, -0.05) is 356 Å². The summed E-state index contributed by atoms with van der Waals surface area (Å²) in [6, 6.07) is 0. The highest BCUT2D eigenvalue weighted by Crippen LogP contribution is 2.45. The zero-order valence-corrected chi connectivity index (χ0v) is 65.2. The molecule has 0 radical (unpaired) electrons. The van der Waals surface area contributed by atoms with E-state index in [1.807, 2.05) is 0 Å². The minimum atomic E-state index is -4.96. The normalized spacial score (nSPS) is 14.0. The molecule has 3 N–H and O–H groups in total. The van der Waals surface area contributed by atoms with Crippen LogP contribution in [0.25, 0.3) is 0 Å². The fraction of sp³-hybridized carbons (Fsp3) is 0.949. The van der Waals surface area contributed by atoms with Gasteiger partial charge in [0.1, 0.15) is 19.3 Å². The molecule has 576 valence electrons. The summed E-state index contributed by atoms with van der Waals surface area (Å²) in [4.78, 5) is 72.9. The molecule has 0 saturated carbocycles. The van der Waals surface area contributed by atoms with E-state index in [1.165, 1.54) is 225 Å². The van der Waals surface area contributed by atoms with Crippen molar-refractivity contribution in [2.45, 2.75) is 426 Å². The molecular formula is C78H152O17P2. The summed E-state index contributed by atoms with van der Waals surface area (Å²) < 4.78 is 68.6. The Hall–Kier alpha value is -1.94. The van der Waals surface area contributed by atoms with Gasteiger partial charge in [-0.25, -0.2) is 9.13 Å². The number of carbonyl (C=O) groups is 4. The Morgan fingerprint density at radius 1 is 0.278 bits per heavy atom. The van der Waals surface area contributed by atoms with Crippen molar-refractivity contribution in [2.75, 3.05) is 39.6 Å². The number of esters is 4. The van der Waals surface area contributed by atoms with Gasteiger partial charge < -0.3 is 33.8 Å². The largest absolute Gasteiger partial charge is 0.472 e. The number of unbranched alkanes of at least 4 members (excludes halogenated alkanes) is 47. The van der Waals surface area contributed by atoms with E-state index in [-0.39, 0.29) is 25.7 Å². The van der Waals surface area contributed by atoms with E-state index in [9.17, 15) is 43.2 Å². The zero-order chi connectivity index (χ0) is 71.4. The topological polar surface area (TPSA) is 237 Å².